The molecule has 0 spiro atoms. The SMILES string of the molecule is NC1CCN(C2CCN(c3cncc(-c4ccccc4)n3)C2)CC1. The molecule has 2 fully saturated rings. The average molecular weight is 323 g/mol. The van der Waals surface area contributed by atoms with Gasteiger partial charge in [0.15, 0.2) is 0 Å². The lowest BCUT2D eigenvalue weighted by molar-refractivity contribution is 0.163. The number of nitrogens with zero attached hydrogens (tertiary/aromatic N) is 4. The molecule has 1 aromatic carbocycles. The van der Waals surface area contributed by atoms with Gasteiger partial charge in [0, 0.05) is 30.7 Å². The van der Waals surface area contributed by atoms with Crippen LogP contribution in [0.4, 0.5) is 5.82 Å². The highest BCUT2D eigenvalue weighted by molar-refractivity contribution is 5.60. The van der Waals surface area contributed by atoms with E-state index in [1.807, 2.05) is 30.6 Å². The maximum atomic E-state index is 6.03. The number of nitrogens with two attached hydrogens (primary N) is 1. The lowest BCUT2D eigenvalue weighted by Crippen LogP contribution is -2.46. The molecule has 3 heterocycles. The van der Waals surface area contributed by atoms with Crippen LogP contribution in [-0.4, -0.2) is 53.1 Å². The molecule has 4 rings (SSSR count). The van der Waals surface area contributed by atoms with Gasteiger partial charge in [-0.25, -0.2) is 4.98 Å². The van der Waals surface area contributed by atoms with Crippen LogP contribution in [0.2, 0.25) is 0 Å². The Balaban J connectivity index is 1.45. The highest BCUT2D eigenvalue weighted by atomic mass is 15.3. The number of hydrogen-bond acceptors (Lipinski definition) is 5. The van der Waals surface area contributed by atoms with Crippen LogP contribution in [0.15, 0.2) is 42.7 Å². The molecule has 126 valence electrons. The normalized spacial score (nSPS) is 22.9. The minimum Gasteiger partial charge on any atom is -0.354 e. The van der Waals surface area contributed by atoms with Gasteiger partial charge in [0.1, 0.15) is 5.82 Å². The first-order valence-corrected chi connectivity index (χ1v) is 8.91. The van der Waals surface area contributed by atoms with Crippen molar-refractivity contribution in [3.05, 3.63) is 42.7 Å². The van der Waals surface area contributed by atoms with E-state index in [1.54, 1.807) is 0 Å². The number of piperidine rings is 1. The largest absolute Gasteiger partial charge is 0.354 e. The Morgan fingerprint density at radius 3 is 2.54 bits per heavy atom. The number of anilines is 1. The summed E-state index contributed by atoms with van der Waals surface area (Å²) in [6.45, 7) is 4.37. The third kappa shape index (κ3) is 3.28. The fraction of sp³-hybridized carbons (Fsp3) is 0.474. The third-order valence-electron chi connectivity index (χ3n) is 5.27. The molecule has 24 heavy (non-hydrogen) atoms. The Morgan fingerprint density at radius 2 is 1.75 bits per heavy atom. The van der Waals surface area contributed by atoms with Crippen LogP contribution < -0.4 is 10.6 Å². The average Bonchev–Trinajstić information content (AvgIpc) is 3.13. The standard InChI is InChI=1S/C19H25N5/c20-16-6-9-23(10-7-16)17-8-11-24(14-17)19-13-21-12-18(22-19)15-4-2-1-3-5-15/h1-5,12-13,16-17H,6-11,14,20H2. The summed E-state index contributed by atoms with van der Waals surface area (Å²) in [5.74, 6) is 0.993. The molecule has 2 aliphatic rings. The zero-order valence-electron chi connectivity index (χ0n) is 14.0. The molecule has 2 aliphatic heterocycles. The van der Waals surface area contributed by atoms with Gasteiger partial charge in [-0.3, -0.25) is 9.88 Å². The van der Waals surface area contributed by atoms with Crippen molar-refractivity contribution in [1.82, 2.24) is 14.9 Å². The van der Waals surface area contributed by atoms with E-state index in [9.17, 15) is 0 Å². The highest BCUT2D eigenvalue weighted by Crippen LogP contribution is 2.25. The summed E-state index contributed by atoms with van der Waals surface area (Å²) in [5.41, 5.74) is 8.09. The van der Waals surface area contributed by atoms with Crippen LogP contribution in [0.1, 0.15) is 19.3 Å². The van der Waals surface area contributed by atoms with Crippen LogP contribution in [0, 0.1) is 0 Å². The third-order valence-corrected chi connectivity index (χ3v) is 5.27. The summed E-state index contributed by atoms with van der Waals surface area (Å²) in [4.78, 5) is 14.2. The predicted octanol–water partition coefficient (Wildman–Crippen LogP) is 2.15. The van der Waals surface area contributed by atoms with Crippen molar-refractivity contribution in [3.8, 4) is 11.3 Å². The van der Waals surface area contributed by atoms with Crippen LogP contribution >= 0.6 is 0 Å². The lowest BCUT2D eigenvalue weighted by Gasteiger charge is -2.34. The molecule has 0 saturated carbocycles. The number of rotatable bonds is 3. The van der Waals surface area contributed by atoms with Crippen molar-refractivity contribution in [1.29, 1.82) is 0 Å². The predicted molar refractivity (Wildman–Crippen MR) is 96.9 cm³/mol. The first-order valence-electron chi connectivity index (χ1n) is 8.91. The molecule has 0 bridgehead atoms. The quantitative estimate of drug-likeness (QED) is 0.938. The van der Waals surface area contributed by atoms with Crippen molar-refractivity contribution in [2.45, 2.75) is 31.3 Å². The monoisotopic (exact) mass is 323 g/mol. The van der Waals surface area contributed by atoms with Gasteiger partial charge in [-0.05, 0) is 32.4 Å². The minimum absolute atomic E-state index is 0.396. The van der Waals surface area contributed by atoms with Gasteiger partial charge in [0.2, 0.25) is 0 Å². The van der Waals surface area contributed by atoms with Crippen molar-refractivity contribution >= 4 is 5.82 Å². The van der Waals surface area contributed by atoms with E-state index in [0.717, 1.165) is 56.1 Å². The van der Waals surface area contributed by atoms with Gasteiger partial charge < -0.3 is 10.6 Å². The van der Waals surface area contributed by atoms with Gasteiger partial charge in [-0.2, -0.15) is 0 Å². The second-order valence-electron chi connectivity index (χ2n) is 6.89. The van der Waals surface area contributed by atoms with E-state index >= 15 is 0 Å². The van der Waals surface area contributed by atoms with E-state index < -0.39 is 0 Å². The topological polar surface area (TPSA) is 58.3 Å². The molecule has 1 aromatic heterocycles. The van der Waals surface area contributed by atoms with Crippen molar-refractivity contribution < 1.29 is 0 Å². The van der Waals surface area contributed by atoms with Crippen molar-refractivity contribution in [3.63, 3.8) is 0 Å². The van der Waals surface area contributed by atoms with E-state index in [2.05, 4.69) is 26.9 Å². The smallest absolute Gasteiger partial charge is 0.147 e. The molecule has 5 nitrogen and oxygen atoms in total. The van der Waals surface area contributed by atoms with E-state index in [-0.39, 0.29) is 0 Å². The van der Waals surface area contributed by atoms with E-state index in [0.29, 0.717) is 12.1 Å². The molecule has 2 aromatic rings. The maximum Gasteiger partial charge on any atom is 0.147 e. The minimum atomic E-state index is 0.396. The van der Waals surface area contributed by atoms with Crippen LogP contribution in [0.3, 0.4) is 0 Å². The molecule has 2 saturated heterocycles. The summed E-state index contributed by atoms with van der Waals surface area (Å²) in [7, 11) is 0. The lowest BCUT2D eigenvalue weighted by atomic mass is 10.0. The summed E-state index contributed by atoms with van der Waals surface area (Å²) >= 11 is 0. The van der Waals surface area contributed by atoms with Crippen LogP contribution in [0.25, 0.3) is 11.3 Å². The van der Waals surface area contributed by atoms with Gasteiger partial charge in [0.05, 0.1) is 18.1 Å². The zero-order chi connectivity index (χ0) is 16.4. The van der Waals surface area contributed by atoms with Crippen molar-refractivity contribution in [2.24, 2.45) is 5.73 Å². The molecular formula is C19H25N5. The second-order valence-corrected chi connectivity index (χ2v) is 6.89. The van der Waals surface area contributed by atoms with Crippen LogP contribution in [-0.2, 0) is 0 Å². The number of benzene rings is 1. The zero-order valence-corrected chi connectivity index (χ0v) is 14.0. The number of hydrogen-bond donors (Lipinski definition) is 1. The first kappa shape index (κ1) is 15.5. The number of aromatic nitrogens is 2. The summed E-state index contributed by atoms with van der Waals surface area (Å²) in [6, 6.07) is 11.3. The van der Waals surface area contributed by atoms with Gasteiger partial charge in [-0.15, -0.1) is 0 Å². The first-order chi connectivity index (χ1) is 11.8. The Kier molecular flexibility index (Phi) is 4.45. The summed E-state index contributed by atoms with van der Waals surface area (Å²) < 4.78 is 0. The highest BCUT2D eigenvalue weighted by Gasteiger charge is 2.30. The number of likely N-dealkylation sites (tertiary alicyclic amines) is 1. The molecule has 0 amide bonds. The Labute approximate surface area is 143 Å². The second kappa shape index (κ2) is 6.87. The molecule has 0 radical (unpaired) electrons. The Morgan fingerprint density at radius 1 is 0.958 bits per heavy atom. The van der Waals surface area contributed by atoms with Gasteiger partial charge in [-0.1, -0.05) is 30.3 Å². The van der Waals surface area contributed by atoms with Gasteiger partial charge >= 0.3 is 0 Å². The Bertz CT molecular complexity index is 666. The molecule has 1 atom stereocenters. The molecule has 1 unspecified atom stereocenters. The van der Waals surface area contributed by atoms with E-state index in [4.69, 9.17) is 10.7 Å². The van der Waals surface area contributed by atoms with Crippen LogP contribution in [0.5, 0.6) is 0 Å². The van der Waals surface area contributed by atoms with Crippen molar-refractivity contribution in [2.75, 3.05) is 31.1 Å². The fourth-order valence-corrected chi connectivity index (χ4v) is 3.79. The Hall–Kier alpha value is -1.98. The van der Waals surface area contributed by atoms with E-state index in [1.165, 1.54) is 6.42 Å². The molecule has 2 N–H and O–H groups in total. The molecule has 0 aliphatic carbocycles. The summed E-state index contributed by atoms with van der Waals surface area (Å²) in [6.07, 6.45) is 7.19. The maximum absolute atomic E-state index is 6.03. The molecule has 5 heteroatoms. The fourth-order valence-electron chi connectivity index (χ4n) is 3.79. The summed E-state index contributed by atoms with van der Waals surface area (Å²) in [5, 5.41) is 0. The van der Waals surface area contributed by atoms with Gasteiger partial charge in [0.25, 0.3) is 0 Å². The molecular weight excluding hydrogens is 298 g/mol.